The number of ether oxygens (including phenoxy) is 1. The van der Waals surface area contributed by atoms with E-state index >= 15 is 0 Å². The molecule has 1 aromatic carbocycles. The van der Waals surface area contributed by atoms with Crippen molar-refractivity contribution in [2.75, 3.05) is 13.2 Å². The minimum atomic E-state index is 0.221. The Bertz CT molecular complexity index is 368. The SMILES string of the molecule is CC(CC(C)(C)c1ccccc1)NC1CCOCC1. The highest BCUT2D eigenvalue weighted by Crippen LogP contribution is 2.28. The lowest BCUT2D eigenvalue weighted by atomic mass is 9.79. The summed E-state index contributed by atoms with van der Waals surface area (Å²) >= 11 is 0. The van der Waals surface area contributed by atoms with E-state index in [9.17, 15) is 0 Å². The number of hydrogen-bond donors (Lipinski definition) is 1. The summed E-state index contributed by atoms with van der Waals surface area (Å²) in [6, 6.07) is 12.0. The van der Waals surface area contributed by atoms with E-state index in [2.05, 4.69) is 56.4 Å². The zero-order valence-corrected chi connectivity index (χ0v) is 12.5. The fourth-order valence-electron chi connectivity index (χ4n) is 3.10. The maximum atomic E-state index is 5.41. The topological polar surface area (TPSA) is 21.3 Å². The van der Waals surface area contributed by atoms with Gasteiger partial charge in [-0.2, -0.15) is 0 Å². The summed E-state index contributed by atoms with van der Waals surface area (Å²) in [5.74, 6) is 0. The number of rotatable bonds is 5. The van der Waals surface area contributed by atoms with Gasteiger partial charge in [0, 0.05) is 25.3 Å². The third-order valence-electron chi connectivity index (χ3n) is 4.11. The van der Waals surface area contributed by atoms with Gasteiger partial charge in [-0.3, -0.25) is 0 Å². The Morgan fingerprint density at radius 1 is 1.21 bits per heavy atom. The predicted octanol–water partition coefficient (Wildman–Crippen LogP) is 3.51. The standard InChI is InChI=1S/C17H27NO/c1-14(18-16-9-11-19-12-10-16)13-17(2,3)15-7-5-4-6-8-15/h4-8,14,16,18H,9-13H2,1-3H3. The molecule has 2 nitrogen and oxygen atoms in total. The average molecular weight is 261 g/mol. The van der Waals surface area contributed by atoms with Crippen molar-refractivity contribution in [2.45, 2.75) is 57.5 Å². The molecule has 0 aliphatic carbocycles. The van der Waals surface area contributed by atoms with Crippen LogP contribution in [0.1, 0.15) is 45.6 Å². The Morgan fingerprint density at radius 2 is 1.84 bits per heavy atom. The number of hydrogen-bond acceptors (Lipinski definition) is 2. The van der Waals surface area contributed by atoms with Crippen LogP contribution in [0.25, 0.3) is 0 Å². The largest absolute Gasteiger partial charge is 0.381 e. The van der Waals surface area contributed by atoms with Crippen LogP contribution < -0.4 is 5.32 Å². The van der Waals surface area contributed by atoms with E-state index in [0.29, 0.717) is 12.1 Å². The highest BCUT2D eigenvalue weighted by atomic mass is 16.5. The molecule has 1 unspecified atom stereocenters. The van der Waals surface area contributed by atoms with Crippen LogP contribution in [-0.4, -0.2) is 25.3 Å². The van der Waals surface area contributed by atoms with Gasteiger partial charge in [-0.25, -0.2) is 0 Å². The molecule has 19 heavy (non-hydrogen) atoms. The van der Waals surface area contributed by atoms with Gasteiger partial charge in [0.2, 0.25) is 0 Å². The van der Waals surface area contributed by atoms with Crippen LogP contribution in [-0.2, 0) is 10.2 Å². The second-order valence-electron chi connectivity index (χ2n) is 6.41. The molecule has 1 N–H and O–H groups in total. The van der Waals surface area contributed by atoms with E-state index in [0.717, 1.165) is 32.5 Å². The second kappa shape index (κ2) is 6.53. The molecule has 2 heteroatoms. The van der Waals surface area contributed by atoms with Gasteiger partial charge in [0.05, 0.1) is 0 Å². The minimum absolute atomic E-state index is 0.221. The summed E-state index contributed by atoms with van der Waals surface area (Å²) in [5, 5.41) is 3.76. The van der Waals surface area contributed by atoms with Crippen molar-refractivity contribution in [1.29, 1.82) is 0 Å². The van der Waals surface area contributed by atoms with Crippen LogP contribution in [0.15, 0.2) is 30.3 Å². The third kappa shape index (κ3) is 4.32. The highest BCUT2D eigenvalue weighted by Gasteiger charge is 2.24. The van der Waals surface area contributed by atoms with Gasteiger partial charge < -0.3 is 10.1 Å². The minimum Gasteiger partial charge on any atom is -0.381 e. The fraction of sp³-hybridized carbons (Fsp3) is 0.647. The summed E-state index contributed by atoms with van der Waals surface area (Å²) in [6.07, 6.45) is 3.46. The molecule has 0 aromatic heterocycles. The molecule has 0 spiro atoms. The van der Waals surface area contributed by atoms with Crippen molar-refractivity contribution >= 4 is 0 Å². The first-order valence-corrected chi connectivity index (χ1v) is 7.47. The Hall–Kier alpha value is -0.860. The lowest BCUT2D eigenvalue weighted by Gasteiger charge is -2.32. The summed E-state index contributed by atoms with van der Waals surface area (Å²) in [6.45, 7) is 8.80. The quantitative estimate of drug-likeness (QED) is 0.875. The van der Waals surface area contributed by atoms with E-state index < -0.39 is 0 Å². The van der Waals surface area contributed by atoms with Crippen molar-refractivity contribution in [3.63, 3.8) is 0 Å². The molecule has 0 saturated carbocycles. The molecule has 0 bridgehead atoms. The second-order valence-corrected chi connectivity index (χ2v) is 6.41. The Morgan fingerprint density at radius 3 is 2.47 bits per heavy atom. The first-order chi connectivity index (χ1) is 9.08. The van der Waals surface area contributed by atoms with Crippen molar-refractivity contribution in [1.82, 2.24) is 5.32 Å². The van der Waals surface area contributed by atoms with Crippen LogP contribution in [0.2, 0.25) is 0 Å². The van der Waals surface area contributed by atoms with Crippen molar-refractivity contribution < 1.29 is 4.74 Å². The molecule has 2 rings (SSSR count). The zero-order valence-electron chi connectivity index (χ0n) is 12.5. The first kappa shape index (κ1) is 14.5. The zero-order chi connectivity index (χ0) is 13.7. The van der Waals surface area contributed by atoms with E-state index in [4.69, 9.17) is 4.74 Å². The monoisotopic (exact) mass is 261 g/mol. The fourth-order valence-corrected chi connectivity index (χ4v) is 3.10. The summed E-state index contributed by atoms with van der Waals surface area (Å²) in [5.41, 5.74) is 1.65. The Labute approximate surface area is 117 Å². The number of benzene rings is 1. The van der Waals surface area contributed by atoms with E-state index in [1.165, 1.54) is 5.56 Å². The van der Waals surface area contributed by atoms with Gasteiger partial charge >= 0.3 is 0 Å². The average Bonchev–Trinajstić information content (AvgIpc) is 2.40. The summed E-state index contributed by atoms with van der Waals surface area (Å²) < 4.78 is 5.41. The molecule has 0 radical (unpaired) electrons. The van der Waals surface area contributed by atoms with Gasteiger partial charge in [0.15, 0.2) is 0 Å². The van der Waals surface area contributed by atoms with Gasteiger partial charge in [0.25, 0.3) is 0 Å². The van der Waals surface area contributed by atoms with E-state index in [-0.39, 0.29) is 5.41 Å². The highest BCUT2D eigenvalue weighted by molar-refractivity contribution is 5.23. The van der Waals surface area contributed by atoms with Crippen molar-refractivity contribution in [2.24, 2.45) is 0 Å². The van der Waals surface area contributed by atoms with E-state index in [1.807, 2.05) is 0 Å². The molecule has 1 atom stereocenters. The third-order valence-corrected chi connectivity index (χ3v) is 4.11. The molecule has 1 fully saturated rings. The number of nitrogens with one attached hydrogen (secondary N) is 1. The summed E-state index contributed by atoms with van der Waals surface area (Å²) in [7, 11) is 0. The molecule has 1 saturated heterocycles. The van der Waals surface area contributed by atoms with Gasteiger partial charge in [-0.05, 0) is 37.2 Å². The van der Waals surface area contributed by atoms with Gasteiger partial charge in [-0.1, -0.05) is 44.2 Å². The molecule has 1 aromatic rings. The van der Waals surface area contributed by atoms with E-state index in [1.54, 1.807) is 0 Å². The molecular weight excluding hydrogens is 234 g/mol. The normalized spacial score (nSPS) is 19.3. The maximum absolute atomic E-state index is 5.41. The molecule has 106 valence electrons. The van der Waals surface area contributed by atoms with Gasteiger partial charge in [-0.15, -0.1) is 0 Å². The molecule has 0 amide bonds. The predicted molar refractivity (Wildman–Crippen MR) is 80.5 cm³/mol. The molecule has 1 heterocycles. The summed E-state index contributed by atoms with van der Waals surface area (Å²) in [4.78, 5) is 0. The van der Waals surface area contributed by atoms with Gasteiger partial charge in [0.1, 0.15) is 0 Å². The van der Waals surface area contributed by atoms with Crippen LogP contribution in [0, 0.1) is 0 Å². The lowest BCUT2D eigenvalue weighted by molar-refractivity contribution is 0.0744. The maximum Gasteiger partial charge on any atom is 0.0480 e. The van der Waals surface area contributed by atoms with Crippen LogP contribution in [0.4, 0.5) is 0 Å². The van der Waals surface area contributed by atoms with Crippen LogP contribution >= 0.6 is 0 Å². The van der Waals surface area contributed by atoms with Crippen LogP contribution in [0.5, 0.6) is 0 Å². The Balaban J connectivity index is 1.88. The van der Waals surface area contributed by atoms with Crippen molar-refractivity contribution in [3.8, 4) is 0 Å². The molecule has 1 aliphatic heterocycles. The molecular formula is C17H27NO. The van der Waals surface area contributed by atoms with Crippen molar-refractivity contribution in [3.05, 3.63) is 35.9 Å². The Kier molecular flexibility index (Phi) is 5.00. The smallest absolute Gasteiger partial charge is 0.0480 e. The molecule has 1 aliphatic rings. The van der Waals surface area contributed by atoms with Crippen LogP contribution in [0.3, 0.4) is 0 Å². The lowest BCUT2D eigenvalue weighted by Crippen LogP contribution is -2.42. The first-order valence-electron chi connectivity index (χ1n) is 7.47.